The van der Waals surface area contributed by atoms with Gasteiger partial charge in [0.15, 0.2) is 0 Å². The minimum atomic E-state index is 0.839. The Morgan fingerprint density at radius 1 is 0.254 bits per heavy atom. The first-order chi connectivity index (χ1) is 31.2. The number of nitrogens with zero attached hydrogens (tertiary/aromatic N) is 1. The van der Waals surface area contributed by atoms with Gasteiger partial charge in [0.2, 0.25) is 0 Å². The lowest BCUT2D eigenvalue weighted by Gasteiger charge is -2.27. The molecule has 0 unspecified atom stereocenters. The Labute approximate surface area is 368 Å². The van der Waals surface area contributed by atoms with E-state index in [2.05, 4.69) is 223 Å². The number of hydrogen-bond donors (Lipinski definition) is 0. The number of fused-ring (bicyclic) bond motifs is 18. The zero-order valence-corrected chi connectivity index (χ0v) is 34.9. The van der Waals surface area contributed by atoms with Crippen molar-refractivity contribution < 1.29 is 4.74 Å². The Morgan fingerprint density at radius 2 is 0.714 bits per heavy atom. The van der Waals surface area contributed by atoms with Gasteiger partial charge in [-0.2, -0.15) is 0 Å². The van der Waals surface area contributed by atoms with Gasteiger partial charge in [0.05, 0.1) is 0 Å². The SMILES string of the molecule is c1ccc(N(c2ccc3c(c2)-c2ccccc2-c2ccccc2O3)c2ccc3c4ccccc4c4ccccc4c4ccccc4c4cc5sc6ccccc6c5cc4c3c2)cc1. The molecule has 0 atom stereocenters. The zero-order chi connectivity index (χ0) is 41.4. The summed E-state index contributed by atoms with van der Waals surface area (Å²) in [4.78, 5) is 2.40. The minimum absolute atomic E-state index is 0.839. The Balaban J connectivity index is 1.18. The van der Waals surface area contributed by atoms with Crippen LogP contribution >= 0.6 is 11.3 Å². The van der Waals surface area contributed by atoms with E-state index in [1.165, 1.54) is 74.0 Å². The average Bonchev–Trinajstić information content (AvgIpc) is 3.65. The summed E-state index contributed by atoms with van der Waals surface area (Å²) in [6.07, 6.45) is 0. The number of thiophene rings is 1. The van der Waals surface area contributed by atoms with E-state index in [1.54, 1.807) is 0 Å². The van der Waals surface area contributed by atoms with E-state index in [0.717, 1.165) is 50.8 Å². The zero-order valence-electron chi connectivity index (χ0n) is 34.1. The lowest BCUT2D eigenvalue weighted by atomic mass is 9.93. The van der Waals surface area contributed by atoms with Crippen LogP contribution in [0.15, 0.2) is 224 Å². The molecule has 1 aliphatic heterocycles. The first-order valence-corrected chi connectivity index (χ1v) is 22.3. The van der Waals surface area contributed by atoms with Crippen molar-refractivity contribution in [1.82, 2.24) is 0 Å². The van der Waals surface area contributed by atoms with Gasteiger partial charge in [0.1, 0.15) is 11.5 Å². The van der Waals surface area contributed by atoms with E-state index in [0.29, 0.717) is 0 Å². The Bertz CT molecular complexity index is 3900. The molecule has 0 aliphatic carbocycles. The second-order valence-electron chi connectivity index (χ2n) is 16.4. The molecule has 0 fully saturated rings. The standard InChI is InChI=1S/C60H37NOS/c1-2-16-38(17-3-1)61(40-31-33-58-55(35-40)48-25-11-9-23-46(48)50-26-12-14-28-57(50)62-58)39-30-32-49-45-22-7-6-20-43(45)41-18-4-5-19-42(41)44-21-8-10-24-47(44)54-37-60-56(36-53(54)52(49)34-39)51-27-13-15-29-59(51)63-60/h1-37H. The Hall–Kier alpha value is -7.98. The molecule has 0 saturated heterocycles. The van der Waals surface area contributed by atoms with E-state index < -0.39 is 0 Å². The molecule has 11 aromatic carbocycles. The fourth-order valence-electron chi connectivity index (χ4n) is 10.0. The summed E-state index contributed by atoms with van der Waals surface area (Å²) in [6.45, 7) is 0. The number of anilines is 3. The van der Waals surface area contributed by atoms with E-state index in [1.807, 2.05) is 17.4 Å². The maximum absolute atomic E-state index is 6.72. The predicted octanol–water partition coefficient (Wildman–Crippen LogP) is 17.9. The summed E-state index contributed by atoms with van der Waals surface area (Å²) in [7, 11) is 0. The second-order valence-corrected chi connectivity index (χ2v) is 17.4. The molecule has 0 amide bonds. The molecular weight excluding hydrogens is 783 g/mol. The van der Waals surface area contributed by atoms with Crippen molar-refractivity contribution in [2.24, 2.45) is 0 Å². The Kier molecular flexibility index (Phi) is 8.12. The van der Waals surface area contributed by atoms with Gasteiger partial charge in [-0.3, -0.25) is 0 Å². The molecule has 12 aromatic rings. The first-order valence-electron chi connectivity index (χ1n) is 21.5. The summed E-state index contributed by atoms with van der Waals surface area (Å²) in [5, 5.41) is 14.7. The van der Waals surface area contributed by atoms with Crippen molar-refractivity contribution in [3.63, 3.8) is 0 Å². The highest BCUT2D eigenvalue weighted by atomic mass is 32.1. The van der Waals surface area contributed by atoms with Crippen LogP contribution in [-0.4, -0.2) is 0 Å². The summed E-state index contributed by atoms with van der Waals surface area (Å²) in [5.41, 5.74) is 7.64. The number of benzene rings is 10. The molecule has 13 rings (SSSR count). The maximum atomic E-state index is 6.72. The minimum Gasteiger partial charge on any atom is -0.456 e. The van der Waals surface area contributed by atoms with Crippen LogP contribution in [0.1, 0.15) is 0 Å². The molecule has 0 radical (unpaired) electrons. The van der Waals surface area contributed by atoms with E-state index in [9.17, 15) is 0 Å². The summed E-state index contributed by atoms with van der Waals surface area (Å²) in [6, 6.07) is 82.1. The van der Waals surface area contributed by atoms with Crippen LogP contribution in [-0.2, 0) is 0 Å². The van der Waals surface area contributed by atoms with Gasteiger partial charge in [0, 0.05) is 48.4 Å². The number of rotatable bonds is 3. The molecule has 0 saturated carbocycles. The van der Waals surface area contributed by atoms with Gasteiger partial charge in [-0.15, -0.1) is 11.3 Å². The van der Waals surface area contributed by atoms with E-state index >= 15 is 0 Å². The lowest BCUT2D eigenvalue weighted by molar-refractivity contribution is 0.488. The van der Waals surface area contributed by atoms with Gasteiger partial charge >= 0.3 is 0 Å². The summed E-state index contributed by atoms with van der Waals surface area (Å²) >= 11 is 1.87. The highest BCUT2D eigenvalue weighted by Crippen LogP contribution is 2.50. The third kappa shape index (κ3) is 5.71. The predicted molar refractivity (Wildman–Crippen MR) is 270 cm³/mol. The first kappa shape index (κ1) is 35.7. The highest BCUT2D eigenvalue weighted by Gasteiger charge is 2.23. The van der Waals surface area contributed by atoms with Crippen molar-refractivity contribution in [3.8, 4) is 33.8 Å². The highest BCUT2D eigenvalue weighted by molar-refractivity contribution is 7.25. The number of para-hydroxylation sites is 2. The third-order valence-electron chi connectivity index (χ3n) is 12.9. The topological polar surface area (TPSA) is 12.5 Å². The molecule has 2 nitrogen and oxygen atoms in total. The van der Waals surface area contributed by atoms with Crippen LogP contribution in [0.2, 0.25) is 0 Å². The van der Waals surface area contributed by atoms with Crippen molar-refractivity contribution in [2.45, 2.75) is 0 Å². The van der Waals surface area contributed by atoms with Crippen LogP contribution in [0.5, 0.6) is 11.5 Å². The van der Waals surface area contributed by atoms with Crippen LogP contribution in [0, 0.1) is 0 Å². The molecule has 0 N–H and O–H groups in total. The molecule has 2 heterocycles. The lowest BCUT2D eigenvalue weighted by Crippen LogP contribution is -2.10. The summed E-state index contributed by atoms with van der Waals surface area (Å²) < 4.78 is 9.30. The smallest absolute Gasteiger partial charge is 0.135 e. The fourth-order valence-corrected chi connectivity index (χ4v) is 11.2. The quantitative estimate of drug-likeness (QED) is 0.176. The average molecular weight is 820 g/mol. The van der Waals surface area contributed by atoms with Gasteiger partial charge in [0.25, 0.3) is 0 Å². The van der Waals surface area contributed by atoms with Crippen molar-refractivity contribution in [1.29, 1.82) is 0 Å². The van der Waals surface area contributed by atoms with Gasteiger partial charge in [-0.25, -0.2) is 0 Å². The van der Waals surface area contributed by atoms with Gasteiger partial charge < -0.3 is 9.64 Å². The fraction of sp³-hybridized carbons (Fsp3) is 0. The number of hydrogen-bond acceptors (Lipinski definition) is 3. The van der Waals surface area contributed by atoms with E-state index in [4.69, 9.17) is 4.74 Å². The summed E-state index contributed by atoms with van der Waals surface area (Å²) in [5.74, 6) is 1.70. The van der Waals surface area contributed by atoms with E-state index in [-0.39, 0.29) is 0 Å². The van der Waals surface area contributed by atoms with Crippen molar-refractivity contribution in [3.05, 3.63) is 224 Å². The largest absolute Gasteiger partial charge is 0.456 e. The normalized spacial score (nSPS) is 11.9. The molecule has 63 heavy (non-hydrogen) atoms. The van der Waals surface area contributed by atoms with Crippen molar-refractivity contribution >= 4 is 102 Å². The molecule has 294 valence electrons. The monoisotopic (exact) mass is 819 g/mol. The molecule has 3 heteroatoms. The molecular formula is C60H37NOS. The second kappa shape index (κ2) is 14.3. The third-order valence-corrected chi connectivity index (χ3v) is 14.0. The molecule has 0 spiro atoms. The maximum Gasteiger partial charge on any atom is 0.135 e. The van der Waals surface area contributed by atoms with Crippen LogP contribution in [0.25, 0.3) is 96.3 Å². The number of ether oxygens (including phenoxy) is 1. The molecule has 0 bridgehead atoms. The van der Waals surface area contributed by atoms with Crippen LogP contribution in [0.4, 0.5) is 17.1 Å². The Morgan fingerprint density at radius 3 is 1.40 bits per heavy atom. The van der Waals surface area contributed by atoms with Crippen LogP contribution < -0.4 is 9.64 Å². The molecule has 1 aromatic heterocycles. The van der Waals surface area contributed by atoms with Gasteiger partial charge in [-0.05, 0) is 132 Å². The molecule has 1 aliphatic rings. The van der Waals surface area contributed by atoms with Gasteiger partial charge in [-0.1, -0.05) is 158 Å². The van der Waals surface area contributed by atoms with Crippen LogP contribution in [0.3, 0.4) is 0 Å². The van der Waals surface area contributed by atoms with Crippen molar-refractivity contribution in [2.75, 3.05) is 4.90 Å².